The number of fused-ring (bicyclic) bond motifs is 4. The first kappa shape index (κ1) is 4.79. The van der Waals surface area contributed by atoms with Crippen LogP contribution in [0.25, 0.3) is 0 Å². The fraction of sp³-hybridized carbons (Fsp3) is 1.00. The fourth-order valence-electron chi connectivity index (χ4n) is 4.48. The van der Waals surface area contributed by atoms with Crippen LogP contribution in [-0.4, -0.2) is 0 Å². The lowest BCUT2D eigenvalue weighted by atomic mass is 9.59. The van der Waals surface area contributed by atoms with Gasteiger partial charge in [0.1, 0.15) is 0 Å². The Morgan fingerprint density at radius 1 is 1.10 bits per heavy atom. The summed E-state index contributed by atoms with van der Waals surface area (Å²) in [6, 6.07) is 0. The van der Waals surface area contributed by atoms with Crippen LogP contribution in [0.2, 0.25) is 0 Å². The highest BCUT2D eigenvalue weighted by Gasteiger charge is 2.95. The van der Waals surface area contributed by atoms with Gasteiger partial charge in [-0.05, 0) is 54.3 Å². The Hall–Kier alpha value is 0. The minimum Gasteiger partial charge on any atom is -0.0588 e. The van der Waals surface area contributed by atoms with Crippen LogP contribution in [0.15, 0.2) is 0 Å². The van der Waals surface area contributed by atoms with E-state index in [0.29, 0.717) is 0 Å². The van der Waals surface area contributed by atoms with Crippen molar-refractivity contribution in [3.05, 3.63) is 0 Å². The van der Waals surface area contributed by atoms with E-state index in [1.165, 1.54) is 5.92 Å². The Kier molecular flexibility index (Phi) is 0.408. The van der Waals surface area contributed by atoms with Gasteiger partial charge in [-0.15, -0.1) is 0 Å². The molecule has 2 spiro atoms. The third-order valence-electron chi connectivity index (χ3n) is 5.57. The van der Waals surface area contributed by atoms with Crippen LogP contribution in [-0.2, 0) is 0 Å². The summed E-state index contributed by atoms with van der Waals surface area (Å²) in [5.41, 5.74) is 2.84. The maximum absolute atomic E-state index is 2.54. The van der Waals surface area contributed by atoms with E-state index in [1.54, 1.807) is 32.1 Å². The molecule has 0 nitrogen and oxygen atoms in total. The van der Waals surface area contributed by atoms with Crippen molar-refractivity contribution in [3.63, 3.8) is 0 Å². The van der Waals surface area contributed by atoms with E-state index in [-0.39, 0.29) is 0 Å². The molecule has 0 aromatic carbocycles. The van der Waals surface area contributed by atoms with Gasteiger partial charge in [0.2, 0.25) is 0 Å². The van der Waals surface area contributed by atoms with E-state index < -0.39 is 0 Å². The second-order valence-electron chi connectivity index (χ2n) is 5.43. The zero-order valence-electron chi connectivity index (χ0n) is 6.61. The molecule has 4 rings (SSSR count). The second kappa shape index (κ2) is 0.852. The molecular formula is C10H14. The van der Waals surface area contributed by atoms with Crippen molar-refractivity contribution in [2.24, 2.45) is 22.2 Å². The monoisotopic (exact) mass is 134 g/mol. The molecule has 3 atom stereocenters. The largest absolute Gasteiger partial charge is 0.0588 e. The molecule has 4 saturated carbocycles. The lowest BCUT2D eigenvalue weighted by Gasteiger charge is -2.45. The highest BCUT2D eigenvalue weighted by Crippen LogP contribution is 3.01. The molecule has 0 N–H and O–H groups in total. The molecule has 0 radical (unpaired) electrons. The van der Waals surface area contributed by atoms with Gasteiger partial charge < -0.3 is 0 Å². The quantitative estimate of drug-likeness (QED) is 0.477. The van der Waals surface area contributed by atoms with E-state index in [9.17, 15) is 0 Å². The molecule has 0 bridgehead atoms. The van der Waals surface area contributed by atoms with Crippen molar-refractivity contribution >= 4 is 0 Å². The Labute approximate surface area is 62.0 Å². The minimum absolute atomic E-state index is 0.905. The molecule has 4 aliphatic rings. The van der Waals surface area contributed by atoms with Crippen molar-refractivity contribution in [1.82, 2.24) is 0 Å². The molecule has 0 aliphatic heterocycles. The average Bonchev–Trinajstić information content (AvgIpc) is 2.50. The van der Waals surface area contributed by atoms with Gasteiger partial charge in [0, 0.05) is 0 Å². The molecule has 3 unspecified atom stereocenters. The lowest BCUT2D eigenvalue weighted by Crippen LogP contribution is -2.37. The first-order valence-electron chi connectivity index (χ1n) is 4.75. The third-order valence-corrected chi connectivity index (χ3v) is 5.57. The number of rotatable bonds is 0. The summed E-state index contributed by atoms with van der Waals surface area (Å²) in [6.07, 6.45) is 7.99. The van der Waals surface area contributed by atoms with Gasteiger partial charge >= 0.3 is 0 Å². The van der Waals surface area contributed by atoms with Gasteiger partial charge in [0.05, 0.1) is 0 Å². The predicted molar refractivity (Wildman–Crippen MR) is 39.5 cm³/mol. The summed E-state index contributed by atoms with van der Waals surface area (Å²) in [6.45, 7) is 2.54. The topological polar surface area (TPSA) is 0 Å². The SMILES string of the molecule is CC12CC1C21CCC12CC2. The second-order valence-corrected chi connectivity index (χ2v) is 5.43. The van der Waals surface area contributed by atoms with Crippen LogP contribution in [0.5, 0.6) is 0 Å². The standard InChI is InChI=1S/C10H14/c1-8-6-7(8)10(8)5-4-9(10)2-3-9/h7H,2-6H2,1H3. The van der Waals surface area contributed by atoms with Gasteiger partial charge in [-0.2, -0.15) is 0 Å². The highest BCUT2D eigenvalue weighted by atomic mass is 15.0. The summed E-state index contributed by atoms with van der Waals surface area (Å²) < 4.78 is 0. The summed E-state index contributed by atoms with van der Waals surface area (Å²) in [4.78, 5) is 0. The fourth-order valence-corrected chi connectivity index (χ4v) is 4.48. The van der Waals surface area contributed by atoms with Crippen molar-refractivity contribution in [2.75, 3.05) is 0 Å². The van der Waals surface area contributed by atoms with Gasteiger partial charge in [0.25, 0.3) is 0 Å². The molecule has 54 valence electrons. The van der Waals surface area contributed by atoms with E-state index in [0.717, 1.165) is 16.2 Å². The smallest absolute Gasteiger partial charge is 0.0150 e. The van der Waals surface area contributed by atoms with Crippen molar-refractivity contribution < 1.29 is 0 Å². The minimum atomic E-state index is 0.905. The first-order chi connectivity index (χ1) is 4.75. The molecule has 4 fully saturated rings. The zero-order valence-corrected chi connectivity index (χ0v) is 6.61. The molecule has 0 saturated heterocycles. The first-order valence-corrected chi connectivity index (χ1v) is 4.75. The molecule has 10 heavy (non-hydrogen) atoms. The normalized spacial score (nSPS) is 71.1. The molecule has 0 aromatic rings. The maximum Gasteiger partial charge on any atom is -0.0150 e. The van der Waals surface area contributed by atoms with E-state index >= 15 is 0 Å². The predicted octanol–water partition coefficient (Wildman–Crippen LogP) is 2.59. The van der Waals surface area contributed by atoms with E-state index in [2.05, 4.69) is 6.92 Å². The van der Waals surface area contributed by atoms with Crippen molar-refractivity contribution in [3.8, 4) is 0 Å². The maximum atomic E-state index is 2.54. The summed E-state index contributed by atoms with van der Waals surface area (Å²) in [5, 5.41) is 0. The molecular weight excluding hydrogens is 120 g/mol. The van der Waals surface area contributed by atoms with Crippen LogP contribution < -0.4 is 0 Å². The van der Waals surface area contributed by atoms with Crippen molar-refractivity contribution in [1.29, 1.82) is 0 Å². The van der Waals surface area contributed by atoms with Gasteiger partial charge in [-0.3, -0.25) is 0 Å². The van der Waals surface area contributed by atoms with Crippen molar-refractivity contribution in [2.45, 2.75) is 39.0 Å². The Bertz CT molecular complexity index is 238. The average molecular weight is 134 g/mol. The Balaban J connectivity index is 1.84. The van der Waals surface area contributed by atoms with Gasteiger partial charge in [-0.25, -0.2) is 0 Å². The van der Waals surface area contributed by atoms with Crippen LogP contribution in [0, 0.1) is 22.2 Å². The Morgan fingerprint density at radius 3 is 1.80 bits per heavy atom. The van der Waals surface area contributed by atoms with Crippen LogP contribution in [0.1, 0.15) is 39.0 Å². The zero-order chi connectivity index (χ0) is 6.61. The molecule has 0 heterocycles. The number of hydrogen-bond donors (Lipinski definition) is 0. The molecule has 0 amide bonds. The third kappa shape index (κ3) is 0.212. The lowest BCUT2D eigenvalue weighted by molar-refractivity contribution is 0.0338. The summed E-state index contributed by atoms with van der Waals surface area (Å²) in [7, 11) is 0. The van der Waals surface area contributed by atoms with Crippen LogP contribution >= 0.6 is 0 Å². The van der Waals surface area contributed by atoms with E-state index in [1.807, 2.05) is 0 Å². The molecule has 4 aliphatic carbocycles. The van der Waals surface area contributed by atoms with Crippen LogP contribution in [0.4, 0.5) is 0 Å². The highest BCUT2D eigenvalue weighted by molar-refractivity contribution is 5.43. The molecule has 0 heteroatoms. The summed E-state index contributed by atoms with van der Waals surface area (Å²) >= 11 is 0. The van der Waals surface area contributed by atoms with Gasteiger partial charge in [-0.1, -0.05) is 6.92 Å². The number of hydrogen-bond acceptors (Lipinski definition) is 0. The van der Waals surface area contributed by atoms with Crippen LogP contribution in [0.3, 0.4) is 0 Å². The summed E-state index contributed by atoms with van der Waals surface area (Å²) in [5.74, 6) is 1.22. The van der Waals surface area contributed by atoms with Gasteiger partial charge in [0.15, 0.2) is 0 Å². The molecule has 0 aromatic heterocycles. The van der Waals surface area contributed by atoms with E-state index in [4.69, 9.17) is 0 Å². The Morgan fingerprint density at radius 2 is 1.70 bits per heavy atom.